The molecule has 2 heterocycles. The number of nitrogens with one attached hydrogen (secondary N) is 1. The molecule has 0 spiro atoms. The number of alkyl halides is 1. The van der Waals surface area contributed by atoms with Gasteiger partial charge in [0.1, 0.15) is 11.5 Å². The number of carbonyl (C=O) groups is 3. The van der Waals surface area contributed by atoms with E-state index in [1.165, 1.54) is 0 Å². The Labute approximate surface area is 218 Å². The lowest BCUT2D eigenvalue weighted by molar-refractivity contribution is -0.152. The molecule has 5 unspecified atom stereocenters. The third-order valence-corrected chi connectivity index (χ3v) is 8.92. The average molecular weight is 556 g/mol. The number of rotatable bonds is 4. The third-order valence-electron chi connectivity index (χ3n) is 8.08. The van der Waals surface area contributed by atoms with Gasteiger partial charge < -0.3 is 9.52 Å². The van der Waals surface area contributed by atoms with Gasteiger partial charge in [-0.05, 0) is 50.7 Å². The third kappa shape index (κ3) is 4.77. The largest absolute Gasteiger partial charge is 0.481 e. The van der Waals surface area contributed by atoms with Crippen molar-refractivity contribution in [3.8, 4) is 11.5 Å². The number of nitrogens with zero attached hydrogens (tertiary/aromatic N) is 2. The number of benzene rings is 1. The zero-order chi connectivity index (χ0) is 25.4. The first-order valence-corrected chi connectivity index (χ1v) is 13.5. The highest BCUT2D eigenvalue weighted by atomic mass is 79.9. The van der Waals surface area contributed by atoms with Crippen molar-refractivity contribution < 1.29 is 23.9 Å². The van der Waals surface area contributed by atoms with E-state index in [0.29, 0.717) is 43.4 Å². The first-order chi connectivity index (χ1) is 17.3. The molecule has 1 amide bonds. The number of ketones is 1. The van der Waals surface area contributed by atoms with Gasteiger partial charge in [0, 0.05) is 41.9 Å². The number of aliphatic carboxylic acids is 1. The van der Waals surface area contributed by atoms with Gasteiger partial charge in [0.15, 0.2) is 0 Å². The van der Waals surface area contributed by atoms with Crippen LogP contribution in [0.4, 0.5) is 0 Å². The van der Waals surface area contributed by atoms with E-state index in [0.717, 1.165) is 48.4 Å². The van der Waals surface area contributed by atoms with Gasteiger partial charge in [0.2, 0.25) is 11.8 Å². The Hall–Kier alpha value is -2.81. The van der Waals surface area contributed by atoms with Gasteiger partial charge in [0.05, 0.1) is 15.9 Å². The highest BCUT2D eigenvalue weighted by Gasteiger charge is 2.51. The van der Waals surface area contributed by atoms with Crippen molar-refractivity contribution in [1.29, 1.82) is 0 Å². The molecule has 1 aliphatic heterocycles. The fraction of sp³-hybridized carbons (Fsp3) is 0.519. The summed E-state index contributed by atoms with van der Waals surface area (Å²) >= 11 is 3.23. The molecule has 1 aromatic carbocycles. The smallest absolute Gasteiger partial charge is 0.309 e. The Kier molecular flexibility index (Phi) is 6.85. The normalized spacial score (nSPS) is 30.7. The predicted octanol–water partition coefficient (Wildman–Crippen LogP) is 4.55. The van der Waals surface area contributed by atoms with Crippen LogP contribution in [0.3, 0.4) is 0 Å². The number of carbonyl (C=O) groups excluding carboxylic acids is 2. The van der Waals surface area contributed by atoms with Crippen molar-refractivity contribution in [3.05, 3.63) is 41.8 Å². The summed E-state index contributed by atoms with van der Waals surface area (Å²) in [5.41, 5.74) is 5.26. The summed E-state index contributed by atoms with van der Waals surface area (Å²) in [6, 6.07) is 10.0. The van der Waals surface area contributed by atoms with Crippen LogP contribution in [0.1, 0.15) is 56.9 Å². The Morgan fingerprint density at radius 2 is 2.00 bits per heavy atom. The summed E-state index contributed by atoms with van der Waals surface area (Å²) in [5.74, 6) is 2.04. The van der Waals surface area contributed by atoms with Gasteiger partial charge in [0.25, 0.3) is 0 Å². The lowest BCUT2D eigenvalue weighted by Gasteiger charge is -2.33. The van der Waals surface area contributed by atoms with Crippen molar-refractivity contribution in [3.63, 3.8) is 0 Å². The summed E-state index contributed by atoms with van der Waals surface area (Å²) < 4.78 is 6.03. The Morgan fingerprint density at radius 3 is 2.69 bits per heavy atom. The second kappa shape index (κ2) is 9.92. The molecule has 2 saturated carbocycles. The summed E-state index contributed by atoms with van der Waals surface area (Å²) in [6.45, 7) is 1.86. The van der Waals surface area contributed by atoms with Crippen LogP contribution in [0.25, 0.3) is 11.5 Å². The van der Waals surface area contributed by atoms with E-state index in [-0.39, 0.29) is 22.4 Å². The van der Waals surface area contributed by atoms with Crippen molar-refractivity contribution in [1.82, 2.24) is 10.4 Å². The molecule has 1 aromatic heterocycles. The number of hydrogen-bond acceptors (Lipinski definition) is 6. The van der Waals surface area contributed by atoms with E-state index in [4.69, 9.17) is 9.52 Å². The first kappa shape index (κ1) is 24.9. The zero-order valence-corrected chi connectivity index (χ0v) is 21.8. The van der Waals surface area contributed by atoms with Crippen molar-refractivity contribution >= 4 is 39.3 Å². The lowest BCUT2D eigenvalue weighted by atomic mass is 9.72. The maximum absolute atomic E-state index is 11.6. The Bertz CT molecular complexity index is 1210. The second-order valence-corrected chi connectivity index (χ2v) is 11.3. The number of aryl methyl sites for hydroxylation is 1. The number of aromatic nitrogens is 1. The van der Waals surface area contributed by atoms with Gasteiger partial charge in [-0.1, -0.05) is 41.1 Å². The first-order valence-electron chi connectivity index (χ1n) is 12.6. The summed E-state index contributed by atoms with van der Waals surface area (Å²) in [5, 5.41) is 13.4. The topological polar surface area (TPSA) is 122 Å². The van der Waals surface area contributed by atoms with Crippen molar-refractivity contribution in [2.45, 2.75) is 63.1 Å². The molecule has 2 fully saturated rings. The van der Waals surface area contributed by atoms with E-state index in [2.05, 4.69) is 31.4 Å². The molecular weight excluding hydrogens is 526 g/mol. The summed E-state index contributed by atoms with van der Waals surface area (Å²) in [6.07, 6.45) is 5.64. The number of oxazole rings is 1. The Balaban J connectivity index is 0.000000176. The molecule has 8 nitrogen and oxygen atoms in total. The van der Waals surface area contributed by atoms with Crippen LogP contribution >= 0.6 is 15.9 Å². The fourth-order valence-electron chi connectivity index (χ4n) is 5.57. The number of fused-ring (bicyclic) bond motifs is 2. The zero-order valence-electron chi connectivity index (χ0n) is 20.2. The molecule has 36 heavy (non-hydrogen) atoms. The lowest BCUT2D eigenvalue weighted by Crippen LogP contribution is -2.40. The number of hydrogen-bond donors (Lipinski definition) is 2. The maximum Gasteiger partial charge on any atom is 0.309 e. The molecule has 0 bridgehead atoms. The maximum atomic E-state index is 11.6. The van der Waals surface area contributed by atoms with Gasteiger partial charge in [-0.3, -0.25) is 14.4 Å². The van der Waals surface area contributed by atoms with Crippen LogP contribution in [0.15, 0.2) is 39.9 Å². The minimum absolute atomic E-state index is 0.0845. The Morgan fingerprint density at radius 1 is 1.22 bits per heavy atom. The fourth-order valence-corrected chi connectivity index (χ4v) is 6.42. The molecule has 2 aromatic rings. The van der Waals surface area contributed by atoms with Crippen LogP contribution in [0.2, 0.25) is 0 Å². The molecule has 6 rings (SSSR count). The van der Waals surface area contributed by atoms with Crippen LogP contribution in [-0.4, -0.2) is 38.3 Å². The van der Waals surface area contributed by atoms with Crippen LogP contribution in [0, 0.1) is 23.2 Å². The quantitative estimate of drug-likeness (QED) is 0.533. The minimum Gasteiger partial charge on any atom is -0.481 e. The molecular formula is C27H30BrN3O5. The number of hydrazone groups is 1. The average Bonchev–Trinajstić information content (AvgIpc) is 3.59. The molecule has 5 atom stereocenters. The number of Topliss-reactive ketones (excluding diaryl/α,β-unsaturated/α-hetero) is 1. The highest BCUT2D eigenvalue weighted by molar-refractivity contribution is 9.10. The van der Waals surface area contributed by atoms with Gasteiger partial charge in [-0.2, -0.15) is 5.10 Å². The second-order valence-electron chi connectivity index (χ2n) is 10.2. The SMILES string of the molecule is CCC1(C(=O)O)CCC(=O)C(Br)C1.O=C1NN=C(C2CCc3nc(-c4ccccc4)oc3C2)C2CC12. The molecule has 2 N–H and O–H groups in total. The van der Waals surface area contributed by atoms with E-state index >= 15 is 0 Å². The summed E-state index contributed by atoms with van der Waals surface area (Å²) in [4.78, 5) is 38.2. The van der Waals surface area contributed by atoms with Crippen LogP contribution < -0.4 is 5.43 Å². The van der Waals surface area contributed by atoms with Crippen LogP contribution in [-0.2, 0) is 27.2 Å². The molecule has 0 radical (unpaired) electrons. The van der Waals surface area contributed by atoms with Gasteiger partial charge in [-0.25, -0.2) is 10.4 Å². The standard InChI is InChI=1S/C18H17N3O2.C9H13BrO3/c22-17-13-9-12(13)16(20-21-17)11-6-7-14-15(8-11)23-18(19-14)10-4-2-1-3-5-10;1-2-9(8(12)13)4-3-7(11)6(10)5-9/h1-5,11-13H,6-9H2,(H,21,22);6H,2-5H2,1H3,(H,12,13). The van der Waals surface area contributed by atoms with Crippen LogP contribution in [0.5, 0.6) is 0 Å². The molecule has 4 aliphatic rings. The number of halogens is 1. The highest BCUT2D eigenvalue weighted by Crippen LogP contribution is 2.45. The van der Waals surface area contributed by atoms with Gasteiger partial charge >= 0.3 is 5.97 Å². The van der Waals surface area contributed by atoms with Crippen molar-refractivity contribution in [2.24, 2.45) is 28.3 Å². The predicted molar refractivity (Wildman–Crippen MR) is 137 cm³/mol. The van der Waals surface area contributed by atoms with E-state index in [9.17, 15) is 14.4 Å². The number of carboxylic acid groups (broad SMARTS) is 1. The summed E-state index contributed by atoms with van der Waals surface area (Å²) in [7, 11) is 0. The van der Waals surface area contributed by atoms with E-state index in [1.54, 1.807) is 0 Å². The molecule has 3 aliphatic carbocycles. The monoisotopic (exact) mass is 555 g/mol. The molecule has 9 heteroatoms. The molecule has 190 valence electrons. The number of carboxylic acids is 1. The minimum atomic E-state index is -0.771. The number of amides is 1. The van der Waals surface area contributed by atoms with Gasteiger partial charge in [-0.15, -0.1) is 0 Å². The van der Waals surface area contributed by atoms with E-state index < -0.39 is 11.4 Å². The van der Waals surface area contributed by atoms with E-state index in [1.807, 2.05) is 37.3 Å². The van der Waals surface area contributed by atoms with Crippen molar-refractivity contribution in [2.75, 3.05) is 0 Å². The molecule has 0 saturated heterocycles.